The van der Waals surface area contributed by atoms with Gasteiger partial charge in [0, 0.05) is 0 Å². The molecule has 0 aromatic heterocycles. The van der Waals surface area contributed by atoms with Crippen LogP contribution in [0.25, 0.3) is 0 Å². The van der Waals surface area contributed by atoms with E-state index in [-0.39, 0.29) is 16.4 Å². The van der Waals surface area contributed by atoms with E-state index in [9.17, 15) is 0 Å². The minimum absolute atomic E-state index is 0. The van der Waals surface area contributed by atoms with Crippen molar-refractivity contribution in [2.75, 3.05) is 0 Å². The molecule has 9 rings (SSSR count). The summed E-state index contributed by atoms with van der Waals surface area (Å²) in [5.41, 5.74) is 0. The zero-order chi connectivity index (χ0) is 26.2. The first-order valence-corrected chi connectivity index (χ1v) is 17.9. The lowest BCUT2D eigenvalue weighted by atomic mass is 9.76. The predicted octanol–water partition coefficient (Wildman–Crippen LogP) is 0.329. The van der Waals surface area contributed by atoms with Crippen LogP contribution in [0.2, 0.25) is 0 Å². The van der Waals surface area contributed by atoms with Crippen molar-refractivity contribution in [3.05, 3.63) is 0 Å². The lowest BCUT2D eigenvalue weighted by molar-refractivity contribution is 0.167. The first kappa shape index (κ1) is 30.5. The number of nitrogens with one attached hydrogen (secondary N) is 8. The number of hydrogen-bond acceptors (Lipinski definition) is 8. The molecular weight excluding hydrogens is 540 g/mol. The van der Waals surface area contributed by atoms with Crippen LogP contribution in [0, 0.1) is 47.3 Å². The van der Waals surface area contributed by atoms with Gasteiger partial charge in [0.1, 0.15) is 0 Å². The highest BCUT2D eigenvalue weighted by Crippen LogP contribution is 2.45. The van der Waals surface area contributed by atoms with Gasteiger partial charge in [0.2, 0.25) is 0 Å². The topological polar surface area (TPSA) is 128 Å². The zero-order valence-corrected chi connectivity index (χ0v) is 25.1. The molecule has 0 radical (unpaired) electrons. The van der Waals surface area contributed by atoms with Gasteiger partial charge >= 0.3 is 0 Å². The zero-order valence-electron chi connectivity index (χ0n) is 25.1. The summed E-state index contributed by atoms with van der Waals surface area (Å²) in [6.45, 7) is 0. The van der Waals surface area contributed by atoms with Gasteiger partial charge in [-0.1, -0.05) is 51.4 Å². The Kier molecular flexibility index (Phi) is 9.13. The molecule has 0 aromatic carbocycles. The highest BCUT2D eigenvalue weighted by molar-refractivity contribution is 5.75. The molecule has 0 aromatic rings. The molecule has 5 aliphatic heterocycles. The van der Waals surface area contributed by atoms with E-state index < -0.39 is 0 Å². The van der Waals surface area contributed by atoms with Crippen molar-refractivity contribution in [3.63, 3.8) is 0 Å². The van der Waals surface area contributed by atoms with Crippen molar-refractivity contribution >= 4 is 11.0 Å². The summed E-state index contributed by atoms with van der Waals surface area (Å²) in [4.78, 5) is 0. The molecule has 0 amide bonds. The molecule has 10 N–H and O–H groups in total. The van der Waals surface area contributed by atoms with Gasteiger partial charge in [-0.05, 0) is 110 Å². The van der Waals surface area contributed by atoms with Crippen LogP contribution in [0.1, 0.15) is 103 Å². The van der Waals surface area contributed by atoms with Crippen molar-refractivity contribution < 1.29 is 5.48 Å². The van der Waals surface area contributed by atoms with Gasteiger partial charge in [-0.15, -0.1) is 0 Å². The Morgan fingerprint density at radius 3 is 0.476 bits per heavy atom. The molecule has 0 spiro atoms. The molecule has 8 bridgehead atoms. The summed E-state index contributed by atoms with van der Waals surface area (Å²) in [6.07, 6.45) is 25.6. The summed E-state index contributed by atoms with van der Waals surface area (Å²) >= 11 is 0. The Labute approximate surface area is 258 Å². The second-order valence-corrected chi connectivity index (χ2v) is 15.6. The maximum atomic E-state index is 4.26. The summed E-state index contributed by atoms with van der Waals surface area (Å²) in [7, 11) is 0. The molecule has 42 heavy (non-hydrogen) atoms. The van der Waals surface area contributed by atoms with Crippen LogP contribution in [-0.2, 0) is 0 Å². The second kappa shape index (κ2) is 12.6. The van der Waals surface area contributed by atoms with Gasteiger partial charge in [0.15, 0.2) is 0 Å². The average molecular weight is 603 g/mol. The summed E-state index contributed by atoms with van der Waals surface area (Å²) < 4.78 is 0. The molecule has 240 valence electrons. The van der Waals surface area contributed by atoms with Gasteiger partial charge < -0.3 is 5.48 Å². The van der Waals surface area contributed by atoms with Crippen LogP contribution in [0.15, 0.2) is 0 Å². The van der Waals surface area contributed by atoms with E-state index in [2.05, 4.69) is 42.5 Å². The van der Waals surface area contributed by atoms with Gasteiger partial charge in [-0.2, -0.15) is 0 Å². The number of rotatable bonds is 0. The van der Waals surface area contributed by atoms with E-state index in [4.69, 9.17) is 0 Å². The minimum Gasteiger partial charge on any atom is -0.412 e. The number of hydrogen-bond donors (Lipinski definition) is 8. The Balaban J connectivity index is 0.00000144. The third kappa shape index (κ3) is 5.17. The van der Waals surface area contributed by atoms with Crippen LogP contribution >= 0.6 is 0 Å². The summed E-state index contributed by atoms with van der Waals surface area (Å²) in [5, 5.41) is 33.8. The lowest BCUT2D eigenvalue weighted by Gasteiger charge is -2.35. The SMILES string of the molecule is C1CCC2C3NC(NC4NC(NC5NC(NC6NC(N3)C3CCCCC63)C3CCCCC53)C3CCCCC43)C2C1.O.[SiH4]. The molecule has 4 saturated carbocycles. The third-order valence-electron chi connectivity index (χ3n) is 13.8. The van der Waals surface area contributed by atoms with Crippen molar-refractivity contribution in [1.29, 1.82) is 0 Å². The van der Waals surface area contributed by atoms with Crippen molar-refractivity contribution in [2.24, 2.45) is 47.3 Å². The van der Waals surface area contributed by atoms with Crippen molar-refractivity contribution in [1.82, 2.24) is 42.5 Å². The van der Waals surface area contributed by atoms with Gasteiger partial charge in [-0.3, -0.25) is 42.5 Å². The third-order valence-corrected chi connectivity index (χ3v) is 13.8. The highest BCUT2D eigenvalue weighted by atomic mass is 28.1. The summed E-state index contributed by atoms with van der Waals surface area (Å²) in [6, 6.07) is 0. The lowest BCUT2D eigenvalue weighted by Crippen LogP contribution is -2.61. The standard InChI is InChI=1S/C32H56N8.H2O.H4Si/c1-2-10-18-17(9-1)25-33-26(18)38-28-21-13-5-6-14-22(21)30(35-28)40-32-24-16-8-7-15-23(24)31(36-32)39-29-20-12-4-3-11-19(20)27(34-29)37-25;;/h17-40H,1-16H2;1H2;1H4. The normalized spacial score (nSPS) is 54.9. The first-order valence-electron chi connectivity index (χ1n) is 17.9. The van der Waals surface area contributed by atoms with E-state index in [0.717, 1.165) is 47.3 Å². The molecular formula is C32H62N8OSi. The highest BCUT2D eigenvalue weighted by Gasteiger charge is 2.54. The fourth-order valence-electron chi connectivity index (χ4n) is 12.0. The van der Waals surface area contributed by atoms with E-state index >= 15 is 0 Å². The van der Waals surface area contributed by atoms with Crippen LogP contribution in [0.5, 0.6) is 0 Å². The van der Waals surface area contributed by atoms with E-state index in [0.29, 0.717) is 49.3 Å². The van der Waals surface area contributed by atoms with Gasteiger partial charge in [0.05, 0.1) is 49.3 Å². The minimum atomic E-state index is 0. The Morgan fingerprint density at radius 2 is 0.357 bits per heavy atom. The molecule has 9 aliphatic rings. The monoisotopic (exact) mass is 602 g/mol. The van der Waals surface area contributed by atoms with Gasteiger partial charge in [0.25, 0.3) is 0 Å². The Bertz CT molecular complexity index is 723. The molecule has 9 fully saturated rings. The molecule has 4 aliphatic carbocycles. The van der Waals surface area contributed by atoms with E-state index in [1.54, 1.807) is 0 Å². The van der Waals surface area contributed by atoms with Crippen LogP contribution in [0.3, 0.4) is 0 Å². The molecule has 5 saturated heterocycles. The quantitative estimate of drug-likeness (QED) is 0.187. The van der Waals surface area contributed by atoms with Crippen LogP contribution < -0.4 is 42.5 Å². The molecule has 5 heterocycles. The predicted molar refractivity (Wildman–Crippen MR) is 172 cm³/mol. The molecule has 8 atom stereocenters. The number of fused-ring (bicyclic) bond motifs is 20. The average Bonchev–Trinajstić information content (AvgIpc) is 3.73. The van der Waals surface area contributed by atoms with E-state index in [1.807, 2.05) is 0 Å². The fraction of sp³-hybridized carbons (Fsp3) is 1.00. The molecule has 9 nitrogen and oxygen atoms in total. The summed E-state index contributed by atoms with van der Waals surface area (Å²) in [5.74, 6) is 5.97. The Hall–Kier alpha value is -0.143. The van der Waals surface area contributed by atoms with E-state index in [1.165, 1.54) is 103 Å². The fourth-order valence-corrected chi connectivity index (χ4v) is 12.0. The van der Waals surface area contributed by atoms with Crippen molar-refractivity contribution in [3.8, 4) is 0 Å². The second-order valence-electron chi connectivity index (χ2n) is 15.6. The molecule has 10 heteroatoms. The maximum absolute atomic E-state index is 4.26. The van der Waals surface area contributed by atoms with Crippen LogP contribution in [0.4, 0.5) is 0 Å². The Morgan fingerprint density at radius 1 is 0.238 bits per heavy atom. The van der Waals surface area contributed by atoms with Crippen LogP contribution in [-0.4, -0.2) is 65.8 Å². The largest absolute Gasteiger partial charge is 0.412 e. The van der Waals surface area contributed by atoms with Crippen molar-refractivity contribution in [2.45, 2.75) is 152 Å². The molecule has 8 unspecified atom stereocenters. The first-order chi connectivity index (χ1) is 19.8. The maximum Gasteiger partial charge on any atom is 0.0628 e. The van der Waals surface area contributed by atoms with Gasteiger partial charge in [-0.25, -0.2) is 0 Å². The smallest absolute Gasteiger partial charge is 0.0628 e.